The maximum absolute atomic E-state index is 11.5. The van der Waals surface area contributed by atoms with Crippen molar-refractivity contribution >= 4 is 5.71 Å². The van der Waals surface area contributed by atoms with Crippen molar-refractivity contribution in [3.05, 3.63) is 6.54 Å². The summed E-state index contributed by atoms with van der Waals surface area (Å²) in [5.74, 6) is 0. The SMILES string of the molecule is FC(F)(F)C1=NCN[C]1. The van der Waals surface area contributed by atoms with Crippen LogP contribution in [0.25, 0.3) is 0 Å². The van der Waals surface area contributed by atoms with Crippen LogP contribution in [-0.4, -0.2) is 18.6 Å². The van der Waals surface area contributed by atoms with Crippen LogP contribution >= 0.6 is 0 Å². The van der Waals surface area contributed by atoms with Crippen LogP contribution < -0.4 is 5.32 Å². The Balaban J connectivity index is 2.61. The predicted molar refractivity (Wildman–Crippen MR) is 24.7 cm³/mol. The van der Waals surface area contributed by atoms with Crippen LogP contribution in [0.4, 0.5) is 13.2 Å². The molecule has 0 aromatic heterocycles. The fourth-order valence-corrected chi connectivity index (χ4v) is 0.442. The molecule has 1 heterocycles. The summed E-state index contributed by atoms with van der Waals surface area (Å²) in [6.07, 6.45) is -4.34. The van der Waals surface area contributed by atoms with E-state index in [4.69, 9.17) is 0 Å². The molecule has 1 rings (SSSR count). The molecule has 9 heavy (non-hydrogen) atoms. The largest absolute Gasteiger partial charge is 0.431 e. The summed E-state index contributed by atoms with van der Waals surface area (Å²) >= 11 is 0. The van der Waals surface area contributed by atoms with Crippen LogP contribution in [0, 0.1) is 6.54 Å². The van der Waals surface area contributed by atoms with Gasteiger partial charge >= 0.3 is 6.18 Å². The molecule has 5 heteroatoms. The molecule has 0 unspecified atom stereocenters. The van der Waals surface area contributed by atoms with Gasteiger partial charge in [0, 0.05) is 0 Å². The molecule has 2 radical (unpaired) electrons. The summed E-state index contributed by atoms with van der Waals surface area (Å²) < 4.78 is 34.6. The maximum atomic E-state index is 11.5. The summed E-state index contributed by atoms with van der Waals surface area (Å²) in [6, 6.07) is 0. The monoisotopic (exact) mass is 136 g/mol. The smallest absolute Gasteiger partial charge is 0.283 e. The van der Waals surface area contributed by atoms with E-state index in [0.29, 0.717) is 0 Å². The first-order chi connectivity index (χ1) is 4.11. The highest BCUT2D eigenvalue weighted by Crippen LogP contribution is 2.19. The van der Waals surface area contributed by atoms with Gasteiger partial charge in [0.25, 0.3) is 0 Å². The molecule has 2 nitrogen and oxygen atoms in total. The molecule has 0 bridgehead atoms. The fraction of sp³-hybridized carbons (Fsp3) is 0.500. The molecule has 1 aliphatic rings. The second-order valence-electron chi connectivity index (χ2n) is 1.46. The average Bonchev–Trinajstić information content (AvgIpc) is 2.08. The van der Waals surface area contributed by atoms with Gasteiger partial charge in [-0.15, -0.1) is 0 Å². The van der Waals surface area contributed by atoms with Crippen molar-refractivity contribution in [2.45, 2.75) is 6.18 Å². The van der Waals surface area contributed by atoms with E-state index in [-0.39, 0.29) is 6.67 Å². The lowest BCUT2D eigenvalue weighted by Crippen LogP contribution is -2.23. The summed E-state index contributed by atoms with van der Waals surface area (Å²) in [6.45, 7) is 1.85. The zero-order valence-electron chi connectivity index (χ0n) is 4.29. The number of hydrogen-bond donors (Lipinski definition) is 1. The summed E-state index contributed by atoms with van der Waals surface area (Å²) in [5, 5.41) is 2.21. The van der Waals surface area contributed by atoms with E-state index in [0.717, 1.165) is 0 Å². The Morgan fingerprint density at radius 2 is 2.22 bits per heavy atom. The Morgan fingerprint density at radius 1 is 1.56 bits per heavy atom. The highest BCUT2D eigenvalue weighted by atomic mass is 19.4. The molecule has 1 aliphatic heterocycles. The van der Waals surface area contributed by atoms with E-state index in [1.807, 2.05) is 6.54 Å². The molecule has 1 N–H and O–H groups in total. The van der Waals surface area contributed by atoms with Crippen molar-refractivity contribution in [3.63, 3.8) is 0 Å². The summed E-state index contributed by atoms with van der Waals surface area (Å²) in [4.78, 5) is 3.08. The zero-order chi connectivity index (χ0) is 6.91. The van der Waals surface area contributed by atoms with Gasteiger partial charge in [0.2, 0.25) is 0 Å². The topological polar surface area (TPSA) is 24.4 Å². The molecule has 50 valence electrons. The average molecular weight is 136 g/mol. The van der Waals surface area contributed by atoms with Crippen LogP contribution in [0.1, 0.15) is 0 Å². The molecule has 0 amide bonds. The zero-order valence-corrected chi connectivity index (χ0v) is 4.29. The van der Waals surface area contributed by atoms with E-state index < -0.39 is 11.9 Å². The van der Waals surface area contributed by atoms with Crippen molar-refractivity contribution in [3.8, 4) is 0 Å². The molecule has 0 saturated heterocycles. The lowest BCUT2D eigenvalue weighted by molar-refractivity contribution is -0.0582. The molecular formula is C4H3F3N2. The standard InChI is InChI=1S/C4H3F3N2/c5-4(6,7)3-1-8-2-9-3/h8H,2H2. The third kappa shape index (κ3) is 1.41. The lowest BCUT2D eigenvalue weighted by atomic mass is 10.4. The Hall–Kier alpha value is -0.580. The number of nitrogens with one attached hydrogen (secondary N) is 1. The minimum atomic E-state index is -4.34. The molecule has 0 fully saturated rings. The Labute approximate surface area is 49.8 Å². The predicted octanol–water partition coefficient (Wildman–Crippen LogP) is 0.589. The van der Waals surface area contributed by atoms with Gasteiger partial charge in [-0.1, -0.05) is 0 Å². The first-order valence-corrected chi connectivity index (χ1v) is 2.21. The number of halogens is 3. The van der Waals surface area contributed by atoms with Gasteiger partial charge in [-0.3, -0.25) is 10.3 Å². The van der Waals surface area contributed by atoms with E-state index in [1.165, 1.54) is 0 Å². The van der Waals surface area contributed by atoms with Gasteiger partial charge in [-0.2, -0.15) is 13.2 Å². The van der Waals surface area contributed by atoms with Crippen molar-refractivity contribution in [2.24, 2.45) is 4.99 Å². The van der Waals surface area contributed by atoms with Crippen molar-refractivity contribution < 1.29 is 13.2 Å². The summed E-state index contributed by atoms with van der Waals surface area (Å²) in [7, 11) is 0. The first kappa shape index (κ1) is 6.54. The van der Waals surface area contributed by atoms with E-state index in [9.17, 15) is 13.2 Å². The number of nitrogens with zero attached hydrogens (tertiary/aromatic N) is 1. The maximum Gasteiger partial charge on any atom is 0.431 e. The molecule has 0 atom stereocenters. The van der Waals surface area contributed by atoms with E-state index >= 15 is 0 Å². The van der Waals surface area contributed by atoms with Crippen molar-refractivity contribution in [1.82, 2.24) is 5.32 Å². The Bertz CT molecular complexity index is 137. The van der Waals surface area contributed by atoms with Gasteiger partial charge in [0.1, 0.15) is 12.3 Å². The quantitative estimate of drug-likeness (QED) is 0.517. The fourth-order valence-electron chi connectivity index (χ4n) is 0.442. The molecule has 0 aliphatic carbocycles. The van der Waals surface area contributed by atoms with Gasteiger partial charge in [-0.25, -0.2) is 0 Å². The molecule has 0 spiro atoms. The van der Waals surface area contributed by atoms with Crippen molar-refractivity contribution in [2.75, 3.05) is 6.67 Å². The summed E-state index contributed by atoms with van der Waals surface area (Å²) in [5.41, 5.74) is -0.956. The Morgan fingerprint density at radius 3 is 2.44 bits per heavy atom. The lowest BCUT2D eigenvalue weighted by Gasteiger charge is -2.01. The van der Waals surface area contributed by atoms with Crippen LogP contribution in [-0.2, 0) is 0 Å². The van der Waals surface area contributed by atoms with E-state index in [1.54, 1.807) is 0 Å². The van der Waals surface area contributed by atoms with Gasteiger partial charge in [0.05, 0.1) is 6.67 Å². The second-order valence-corrected chi connectivity index (χ2v) is 1.46. The molecule has 0 aromatic carbocycles. The first-order valence-electron chi connectivity index (χ1n) is 2.21. The highest BCUT2D eigenvalue weighted by Gasteiger charge is 2.37. The van der Waals surface area contributed by atoms with Crippen LogP contribution in [0.2, 0.25) is 0 Å². The van der Waals surface area contributed by atoms with Crippen LogP contribution in [0.15, 0.2) is 4.99 Å². The number of hydrogen-bond acceptors (Lipinski definition) is 2. The van der Waals surface area contributed by atoms with Crippen molar-refractivity contribution in [1.29, 1.82) is 0 Å². The van der Waals surface area contributed by atoms with E-state index in [2.05, 4.69) is 10.3 Å². The van der Waals surface area contributed by atoms with Crippen LogP contribution in [0.5, 0.6) is 0 Å². The highest BCUT2D eigenvalue weighted by molar-refractivity contribution is 5.97. The third-order valence-corrected chi connectivity index (χ3v) is 0.792. The van der Waals surface area contributed by atoms with Gasteiger partial charge in [-0.05, 0) is 0 Å². The van der Waals surface area contributed by atoms with Gasteiger partial charge in [0.15, 0.2) is 0 Å². The second kappa shape index (κ2) is 1.98. The number of aliphatic imine (C=N–C) groups is 1. The number of alkyl halides is 3. The molecular weight excluding hydrogens is 133 g/mol. The third-order valence-electron chi connectivity index (χ3n) is 0.792. The normalized spacial score (nSPS) is 20.1. The molecule has 0 saturated carbocycles. The minimum Gasteiger partial charge on any atom is -0.283 e. The minimum absolute atomic E-state index is 0.0190. The Kier molecular flexibility index (Phi) is 1.44. The van der Waals surface area contributed by atoms with Crippen LogP contribution in [0.3, 0.4) is 0 Å². The van der Waals surface area contributed by atoms with Gasteiger partial charge < -0.3 is 0 Å². The number of rotatable bonds is 0. The molecule has 0 aromatic rings.